The van der Waals surface area contributed by atoms with Gasteiger partial charge in [0, 0.05) is 5.41 Å². The van der Waals surface area contributed by atoms with Crippen molar-refractivity contribution in [2.24, 2.45) is 50.2 Å². The smallest absolute Gasteiger partial charge is 0.312 e. The topological polar surface area (TPSA) is 43.4 Å². The maximum absolute atomic E-state index is 13.6. The summed E-state index contributed by atoms with van der Waals surface area (Å²) in [5.74, 6) is 1.59. The molecule has 0 spiro atoms. The van der Waals surface area contributed by atoms with E-state index in [4.69, 9.17) is 4.74 Å². The molecule has 6 rings (SSSR count). The quantitative estimate of drug-likeness (QED) is 0.283. The first-order valence-corrected chi connectivity index (χ1v) is 15.9. The van der Waals surface area contributed by atoms with E-state index < -0.39 is 5.41 Å². The van der Waals surface area contributed by atoms with Crippen LogP contribution in [0, 0.1) is 50.2 Å². The number of benzene rings is 1. The molecule has 5 aliphatic carbocycles. The van der Waals surface area contributed by atoms with Crippen LogP contribution in [0.2, 0.25) is 0 Å². The largest absolute Gasteiger partial charge is 0.460 e. The number of allylic oxidation sites excluding steroid dienone is 4. The Morgan fingerprint density at radius 2 is 1.60 bits per heavy atom. The van der Waals surface area contributed by atoms with E-state index in [0.29, 0.717) is 30.1 Å². The fraction of sp³-hybridized carbons (Fsp3) is 0.676. The molecule has 0 heterocycles. The van der Waals surface area contributed by atoms with E-state index in [1.807, 2.05) is 36.4 Å². The van der Waals surface area contributed by atoms with Crippen LogP contribution in [0.5, 0.6) is 0 Å². The number of ether oxygens (including phenoxy) is 1. The Morgan fingerprint density at radius 1 is 0.900 bits per heavy atom. The molecular formula is C37H50O3. The zero-order valence-electron chi connectivity index (χ0n) is 25.9. The maximum Gasteiger partial charge on any atom is 0.312 e. The molecule has 1 aromatic carbocycles. The van der Waals surface area contributed by atoms with Crippen LogP contribution in [0.1, 0.15) is 105 Å². The monoisotopic (exact) mass is 542 g/mol. The van der Waals surface area contributed by atoms with E-state index in [1.165, 1.54) is 19.3 Å². The van der Waals surface area contributed by atoms with Gasteiger partial charge in [0.25, 0.3) is 0 Å². The minimum Gasteiger partial charge on any atom is -0.460 e. The van der Waals surface area contributed by atoms with Crippen molar-refractivity contribution in [1.29, 1.82) is 0 Å². The van der Waals surface area contributed by atoms with Crippen LogP contribution in [0.3, 0.4) is 0 Å². The molecule has 0 radical (unpaired) electrons. The lowest BCUT2D eigenvalue weighted by atomic mass is 9.34. The lowest BCUT2D eigenvalue weighted by Crippen LogP contribution is -2.63. The van der Waals surface area contributed by atoms with Gasteiger partial charge in [0.1, 0.15) is 6.61 Å². The predicted octanol–water partition coefficient (Wildman–Crippen LogP) is 8.88. The lowest BCUT2D eigenvalue weighted by Gasteiger charge is -2.70. The van der Waals surface area contributed by atoms with Crippen molar-refractivity contribution in [1.82, 2.24) is 0 Å². The Balaban J connectivity index is 1.32. The van der Waals surface area contributed by atoms with Gasteiger partial charge in [0.2, 0.25) is 0 Å². The van der Waals surface area contributed by atoms with Gasteiger partial charge in [-0.1, -0.05) is 89.6 Å². The summed E-state index contributed by atoms with van der Waals surface area (Å²) in [5.41, 5.74) is 2.49. The van der Waals surface area contributed by atoms with E-state index in [0.717, 1.165) is 37.7 Å². The highest BCUT2D eigenvalue weighted by molar-refractivity contribution is 5.95. The molecule has 0 saturated heterocycles. The highest BCUT2D eigenvalue weighted by Gasteiger charge is 2.67. The maximum atomic E-state index is 13.6. The van der Waals surface area contributed by atoms with Gasteiger partial charge in [-0.15, -0.1) is 0 Å². The summed E-state index contributed by atoms with van der Waals surface area (Å²) in [4.78, 5) is 26.6. The second kappa shape index (κ2) is 8.92. The van der Waals surface area contributed by atoms with Crippen LogP contribution in [0.25, 0.3) is 0 Å². The van der Waals surface area contributed by atoms with E-state index >= 15 is 0 Å². The molecule has 0 aliphatic heterocycles. The Labute approximate surface area is 242 Å². The number of esters is 1. The summed E-state index contributed by atoms with van der Waals surface area (Å²) >= 11 is 0. The van der Waals surface area contributed by atoms with Gasteiger partial charge < -0.3 is 4.74 Å². The molecule has 0 bridgehead atoms. The van der Waals surface area contributed by atoms with Gasteiger partial charge in [-0.25, -0.2) is 0 Å². The third-order valence-electron chi connectivity index (χ3n) is 13.8. The molecule has 3 heteroatoms. The minimum atomic E-state index is -0.448. The highest BCUT2D eigenvalue weighted by atomic mass is 16.5. The average Bonchev–Trinajstić information content (AvgIpc) is 2.91. The molecule has 8 atom stereocenters. The number of carbonyl (C=O) groups excluding carboxylic acids is 2. The molecule has 0 amide bonds. The lowest BCUT2D eigenvalue weighted by molar-refractivity contribution is -0.169. The van der Waals surface area contributed by atoms with Crippen molar-refractivity contribution in [3.05, 3.63) is 59.7 Å². The van der Waals surface area contributed by atoms with Crippen molar-refractivity contribution in [3.8, 4) is 0 Å². The Morgan fingerprint density at radius 3 is 2.33 bits per heavy atom. The number of rotatable bonds is 3. The minimum absolute atomic E-state index is 0.0263. The normalized spacial score (nSPS) is 45.3. The van der Waals surface area contributed by atoms with Crippen molar-refractivity contribution < 1.29 is 14.3 Å². The zero-order chi connectivity index (χ0) is 28.8. The number of fused-ring (bicyclic) bond motifs is 7. The first-order valence-electron chi connectivity index (χ1n) is 15.9. The number of hydrogen-bond donors (Lipinski definition) is 0. The highest BCUT2D eigenvalue weighted by Crippen LogP contribution is 2.74. The van der Waals surface area contributed by atoms with Gasteiger partial charge >= 0.3 is 5.97 Å². The molecule has 3 saturated carbocycles. The second-order valence-electron chi connectivity index (χ2n) is 16.1. The van der Waals surface area contributed by atoms with Crippen molar-refractivity contribution in [2.45, 2.75) is 106 Å². The van der Waals surface area contributed by atoms with Gasteiger partial charge in [-0.3, -0.25) is 9.59 Å². The molecule has 3 fully saturated rings. The molecule has 40 heavy (non-hydrogen) atoms. The van der Waals surface area contributed by atoms with Gasteiger partial charge in [0.15, 0.2) is 5.78 Å². The van der Waals surface area contributed by atoms with Crippen LogP contribution in [0.15, 0.2) is 54.1 Å². The molecule has 216 valence electrons. The summed E-state index contributed by atoms with van der Waals surface area (Å²) < 4.78 is 5.96. The van der Waals surface area contributed by atoms with Crippen molar-refractivity contribution >= 4 is 11.8 Å². The summed E-state index contributed by atoms with van der Waals surface area (Å²) in [6.45, 7) is 17.0. The Bertz CT molecular complexity index is 1270. The van der Waals surface area contributed by atoms with Gasteiger partial charge in [-0.05, 0) is 109 Å². The van der Waals surface area contributed by atoms with Crippen LogP contribution in [-0.2, 0) is 20.9 Å². The summed E-state index contributed by atoms with van der Waals surface area (Å²) in [6.07, 6.45) is 15.5. The Hall–Kier alpha value is -2.16. The fourth-order valence-electron chi connectivity index (χ4n) is 10.7. The van der Waals surface area contributed by atoms with Crippen molar-refractivity contribution in [2.75, 3.05) is 0 Å². The summed E-state index contributed by atoms with van der Waals surface area (Å²) in [7, 11) is 0. The molecule has 0 aromatic heterocycles. The summed E-state index contributed by atoms with van der Waals surface area (Å²) in [5, 5.41) is 0. The van der Waals surface area contributed by atoms with E-state index in [2.05, 4.69) is 60.6 Å². The molecule has 2 unspecified atom stereocenters. The predicted molar refractivity (Wildman–Crippen MR) is 160 cm³/mol. The molecule has 1 aromatic rings. The average molecular weight is 543 g/mol. The number of ketones is 1. The fourth-order valence-corrected chi connectivity index (χ4v) is 10.7. The third kappa shape index (κ3) is 3.74. The molecular weight excluding hydrogens is 492 g/mol. The first kappa shape index (κ1) is 28.0. The zero-order valence-corrected chi connectivity index (χ0v) is 25.9. The summed E-state index contributed by atoms with van der Waals surface area (Å²) in [6, 6.07) is 10.0. The van der Waals surface area contributed by atoms with Crippen LogP contribution >= 0.6 is 0 Å². The number of hydrogen-bond acceptors (Lipinski definition) is 3. The molecule has 0 N–H and O–H groups in total. The van der Waals surface area contributed by atoms with E-state index in [1.54, 1.807) is 5.57 Å². The third-order valence-corrected chi connectivity index (χ3v) is 13.8. The molecule has 5 aliphatic rings. The number of carbonyl (C=O) groups is 2. The van der Waals surface area contributed by atoms with Crippen LogP contribution < -0.4 is 0 Å². The second-order valence-corrected chi connectivity index (χ2v) is 16.1. The van der Waals surface area contributed by atoms with Crippen molar-refractivity contribution in [3.63, 3.8) is 0 Å². The Kier molecular flexibility index (Phi) is 6.24. The van der Waals surface area contributed by atoms with Crippen LogP contribution in [0.4, 0.5) is 0 Å². The van der Waals surface area contributed by atoms with Gasteiger partial charge in [-0.2, -0.15) is 0 Å². The van der Waals surface area contributed by atoms with E-state index in [9.17, 15) is 9.59 Å². The molecule has 3 nitrogen and oxygen atoms in total. The standard InChI is InChI=1S/C37H50O3/c1-32(2)28-15-18-37(7)29(35(28,5)17-16-30(32)38)14-13-26-27-23-34(4,20-19-33(27,3)21-22-36(26,37)6)31(39)40-24-25-11-9-8-10-12-25/h8-13,16-17,27-29H,14-15,18-24H2,1-7H3/t27?,28?,29-,33-,34+,35+,36-,37-/m1/s1. The SMILES string of the molecule is CC1(C)C(=O)C=C[C@@]2(C)C1CC[C@]1(C)[C@@H]2CC=C2C3C[C@@](C)(C(=O)OCc4ccccc4)CC[C@]3(C)CC[C@]21C. The first-order chi connectivity index (χ1) is 18.7. The van der Waals surface area contributed by atoms with Gasteiger partial charge in [0.05, 0.1) is 5.41 Å². The van der Waals surface area contributed by atoms with Crippen LogP contribution in [-0.4, -0.2) is 11.8 Å². The van der Waals surface area contributed by atoms with E-state index in [-0.39, 0.29) is 33.0 Å².